The molecule has 8 heteroatoms. The molecule has 3 aliphatic heterocycles. The van der Waals surface area contributed by atoms with E-state index < -0.39 is 6.17 Å². The predicted octanol–water partition coefficient (Wildman–Crippen LogP) is 0.820. The Kier molecular flexibility index (Phi) is 3.99. The molecule has 1 fully saturated rings. The number of hydrogen-bond donors (Lipinski definition) is 2. The number of thiol groups is 1. The molecule has 24 heavy (non-hydrogen) atoms. The van der Waals surface area contributed by atoms with Crippen LogP contribution in [0.3, 0.4) is 0 Å². The molecule has 7 nitrogen and oxygen atoms in total. The second-order valence-electron chi connectivity index (χ2n) is 5.59. The SMILES string of the molecule is O=C1NC(N2CCOCC2)=N[C@@H]2N=CN(c3ccccc3)C(S)=C12. The highest BCUT2D eigenvalue weighted by atomic mass is 32.1. The van der Waals surface area contributed by atoms with Crippen molar-refractivity contribution in [3.63, 3.8) is 0 Å². The highest BCUT2D eigenvalue weighted by molar-refractivity contribution is 7.84. The zero-order valence-electron chi connectivity index (χ0n) is 12.9. The van der Waals surface area contributed by atoms with Gasteiger partial charge in [-0.15, -0.1) is 12.6 Å². The van der Waals surface area contributed by atoms with Crippen LogP contribution in [0.25, 0.3) is 0 Å². The molecule has 1 saturated heterocycles. The quantitative estimate of drug-likeness (QED) is 0.741. The second kappa shape index (κ2) is 6.29. The van der Waals surface area contributed by atoms with Gasteiger partial charge in [-0.2, -0.15) is 0 Å². The normalized spacial score (nSPS) is 23.8. The molecule has 0 aliphatic carbocycles. The van der Waals surface area contributed by atoms with E-state index in [2.05, 4.69) is 27.9 Å². The molecule has 0 unspecified atom stereocenters. The Bertz CT molecular complexity index is 740. The van der Waals surface area contributed by atoms with E-state index in [1.807, 2.05) is 35.2 Å². The number of ether oxygens (including phenoxy) is 1. The number of morpholine rings is 1. The van der Waals surface area contributed by atoms with Crippen molar-refractivity contribution in [3.8, 4) is 0 Å². The summed E-state index contributed by atoms with van der Waals surface area (Å²) in [6.07, 6.45) is 1.12. The number of benzene rings is 1. The predicted molar refractivity (Wildman–Crippen MR) is 95.2 cm³/mol. The number of amides is 1. The van der Waals surface area contributed by atoms with E-state index in [1.165, 1.54) is 0 Å². The summed E-state index contributed by atoms with van der Waals surface area (Å²) in [6.45, 7) is 2.67. The molecule has 3 heterocycles. The van der Waals surface area contributed by atoms with E-state index in [0.29, 0.717) is 42.9 Å². The first-order valence-electron chi connectivity index (χ1n) is 7.76. The van der Waals surface area contributed by atoms with E-state index in [9.17, 15) is 4.79 Å². The van der Waals surface area contributed by atoms with Gasteiger partial charge in [0.15, 0.2) is 6.17 Å². The van der Waals surface area contributed by atoms with Gasteiger partial charge in [-0.05, 0) is 12.1 Å². The van der Waals surface area contributed by atoms with Gasteiger partial charge in [0.25, 0.3) is 5.91 Å². The first kappa shape index (κ1) is 15.2. The lowest BCUT2D eigenvalue weighted by molar-refractivity contribution is -0.117. The van der Waals surface area contributed by atoms with Crippen LogP contribution < -0.4 is 10.2 Å². The Morgan fingerprint density at radius 1 is 1.21 bits per heavy atom. The van der Waals surface area contributed by atoms with Crippen LogP contribution >= 0.6 is 12.6 Å². The largest absolute Gasteiger partial charge is 0.378 e. The average Bonchev–Trinajstić information content (AvgIpc) is 2.63. The molecule has 1 N–H and O–H groups in total. The molecule has 0 radical (unpaired) electrons. The number of aliphatic imine (C=N–C) groups is 2. The lowest BCUT2D eigenvalue weighted by Crippen LogP contribution is -2.53. The molecule has 0 bridgehead atoms. The maximum absolute atomic E-state index is 12.6. The minimum atomic E-state index is -0.552. The van der Waals surface area contributed by atoms with E-state index in [0.717, 1.165) is 5.69 Å². The van der Waals surface area contributed by atoms with Crippen molar-refractivity contribution in [2.75, 3.05) is 31.2 Å². The highest BCUT2D eigenvalue weighted by Crippen LogP contribution is 2.30. The van der Waals surface area contributed by atoms with Crippen molar-refractivity contribution in [2.45, 2.75) is 6.17 Å². The number of para-hydroxylation sites is 1. The molecule has 4 rings (SSSR count). The fraction of sp³-hybridized carbons (Fsp3) is 0.312. The number of nitrogens with one attached hydrogen (secondary N) is 1. The van der Waals surface area contributed by atoms with Crippen LogP contribution in [-0.4, -0.2) is 55.6 Å². The number of carbonyl (C=O) groups excluding carboxylic acids is 1. The van der Waals surface area contributed by atoms with Crippen LogP contribution in [0.5, 0.6) is 0 Å². The molecule has 0 spiro atoms. The molecule has 1 amide bonds. The number of anilines is 1. The Hall–Kier alpha value is -2.32. The molecule has 124 valence electrons. The van der Waals surface area contributed by atoms with E-state index in [4.69, 9.17) is 4.74 Å². The number of carbonyl (C=O) groups is 1. The van der Waals surface area contributed by atoms with Gasteiger partial charge >= 0.3 is 0 Å². The summed E-state index contributed by atoms with van der Waals surface area (Å²) >= 11 is 4.56. The number of fused-ring (bicyclic) bond motifs is 1. The zero-order valence-corrected chi connectivity index (χ0v) is 13.8. The van der Waals surface area contributed by atoms with Crippen LogP contribution in [0.15, 0.2) is 50.9 Å². The van der Waals surface area contributed by atoms with Crippen molar-refractivity contribution in [1.82, 2.24) is 10.2 Å². The Morgan fingerprint density at radius 2 is 1.96 bits per heavy atom. The fourth-order valence-electron chi connectivity index (χ4n) is 2.85. The third-order valence-electron chi connectivity index (χ3n) is 4.11. The van der Waals surface area contributed by atoms with Crippen molar-refractivity contribution in [3.05, 3.63) is 40.9 Å². The molecule has 1 aromatic rings. The summed E-state index contributed by atoms with van der Waals surface area (Å²) in [6, 6.07) is 9.66. The topological polar surface area (TPSA) is 69.5 Å². The zero-order chi connectivity index (χ0) is 16.5. The number of guanidine groups is 1. The Labute approximate surface area is 145 Å². The summed E-state index contributed by atoms with van der Waals surface area (Å²) < 4.78 is 5.34. The molecular weight excluding hydrogens is 326 g/mol. The summed E-state index contributed by atoms with van der Waals surface area (Å²) in [4.78, 5) is 25.4. The first-order chi connectivity index (χ1) is 11.7. The summed E-state index contributed by atoms with van der Waals surface area (Å²) in [5, 5.41) is 3.41. The molecule has 1 atom stereocenters. The van der Waals surface area contributed by atoms with Gasteiger partial charge in [0.2, 0.25) is 5.96 Å². The van der Waals surface area contributed by atoms with Gasteiger partial charge < -0.3 is 9.64 Å². The highest BCUT2D eigenvalue weighted by Gasteiger charge is 2.35. The number of nitrogens with zero attached hydrogens (tertiary/aromatic N) is 4. The number of hydrogen-bond acceptors (Lipinski definition) is 7. The molecular formula is C16H17N5O2S. The summed E-state index contributed by atoms with van der Waals surface area (Å²) in [7, 11) is 0. The monoisotopic (exact) mass is 343 g/mol. The van der Waals surface area contributed by atoms with Crippen LogP contribution in [0.4, 0.5) is 5.69 Å². The molecule has 3 aliphatic rings. The number of rotatable bonds is 1. The summed E-state index contributed by atoms with van der Waals surface area (Å²) in [5.41, 5.74) is 1.36. The lowest BCUT2D eigenvalue weighted by Gasteiger charge is -2.35. The van der Waals surface area contributed by atoms with E-state index in [1.54, 1.807) is 11.2 Å². The summed E-state index contributed by atoms with van der Waals surface area (Å²) in [5.74, 6) is 0.350. The average molecular weight is 343 g/mol. The van der Waals surface area contributed by atoms with Crippen LogP contribution in [0, 0.1) is 0 Å². The minimum absolute atomic E-state index is 0.209. The van der Waals surface area contributed by atoms with Gasteiger partial charge in [-0.25, -0.2) is 9.98 Å². The van der Waals surface area contributed by atoms with Crippen molar-refractivity contribution >= 4 is 36.5 Å². The van der Waals surface area contributed by atoms with Gasteiger partial charge in [0.05, 0.1) is 30.2 Å². The van der Waals surface area contributed by atoms with Crippen molar-refractivity contribution in [1.29, 1.82) is 0 Å². The van der Waals surface area contributed by atoms with Crippen LogP contribution in [-0.2, 0) is 9.53 Å². The molecule has 0 aromatic heterocycles. The van der Waals surface area contributed by atoms with Gasteiger partial charge in [0.1, 0.15) is 0 Å². The third-order valence-corrected chi connectivity index (χ3v) is 4.57. The standard InChI is InChI=1S/C16H17N5O2S/c22-14-12-13(18-16(19-14)20-6-8-23-9-7-20)17-10-21(15(12)24)11-4-2-1-3-5-11/h1-5,10,13,24H,6-9H2,(H,18,19,22)/t13-/m0/s1. The molecule has 1 aromatic carbocycles. The minimum Gasteiger partial charge on any atom is -0.378 e. The fourth-order valence-corrected chi connectivity index (χ4v) is 3.24. The smallest absolute Gasteiger partial charge is 0.260 e. The van der Waals surface area contributed by atoms with Crippen LogP contribution in [0.1, 0.15) is 0 Å². The van der Waals surface area contributed by atoms with E-state index >= 15 is 0 Å². The van der Waals surface area contributed by atoms with Gasteiger partial charge in [-0.3, -0.25) is 15.0 Å². The van der Waals surface area contributed by atoms with Crippen molar-refractivity contribution < 1.29 is 9.53 Å². The van der Waals surface area contributed by atoms with E-state index in [-0.39, 0.29) is 5.91 Å². The lowest BCUT2D eigenvalue weighted by atomic mass is 10.1. The van der Waals surface area contributed by atoms with Crippen LogP contribution in [0.2, 0.25) is 0 Å². The second-order valence-corrected chi connectivity index (χ2v) is 6.01. The van der Waals surface area contributed by atoms with Gasteiger partial charge in [-0.1, -0.05) is 18.2 Å². The maximum atomic E-state index is 12.6. The first-order valence-corrected chi connectivity index (χ1v) is 8.21. The Balaban J connectivity index is 1.65. The maximum Gasteiger partial charge on any atom is 0.260 e. The van der Waals surface area contributed by atoms with Gasteiger partial charge in [0, 0.05) is 18.8 Å². The third kappa shape index (κ3) is 2.67. The van der Waals surface area contributed by atoms with Crippen molar-refractivity contribution in [2.24, 2.45) is 9.98 Å². The molecule has 0 saturated carbocycles. The Morgan fingerprint density at radius 3 is 2.71 bits per heavy atom.